The van der Waals surface area contributed by atoms with E-state index in [1.165, 1.54) is 5.69 Å². The van der Waals surface area contributed by atoms with E-state index in [0.29, 0.717) is 6.04 Å². The lowest BCUT2D eigenvalue weighted by Gasteiger charge is -2.32. The summed E-state index contributed by atoms with van der Waals surface area (Å²) in [6.45, 7) is 15.2. The minimum absolute atomic E-state index is 0.202. The van der Waals surface area contributed by atoms with Crippen molar-refractivity contribution in [2.24, 2.45) is 5.41 Å². The highest BCUT2D eigenvalue weighted by molar-refractivity contribution is 6.31. The molecule has 1 N–H and O–H groups in total. The van der Waals surface area contributed by atoms with Crippen LogP contribution >= 0.6 is 11.6 Å². The Hall–Kier alpha value is -0.540. The molecular formula is C16H30ClN3. The molecular weight excluding hydrogens is 270 g/mol. The highest BCUT2D eigenvalue weighted by Gasteiger charge is 2.27. The fraction of sp³-hybridized carbons (Fsp3) is 0.812. The van der Waals surface area contributed by atoms with Crippen molar-refractivity contribution in [3.63, 3.8) is 0 Å². The van der Waals surface area contributed by atoms with Crippen LogP contribution < -0.4 is 5.32 Å². The van der Waals surface area contributed by atoms with Crippen LogP contribution in [0.4, 0.5) is 0 Å². The molecule has 0 fully saturated rings. The molecule has 1 unspecified atom stereocenters. The second-order valence-corrected chi connectivity index (χ2v) is 6.83. The Bertz CT molecular complexity index is 418. The number of aryl methyl sites for hydroxylation is 2. The first kappa shape index (κ1) is 17.5. The number of hydrogen-bond acceptors (Lipinski definition) is 2. The number of hydrogen-bond donors (Lipinski definition) is 1. The molecule has 1 atom stereocenters. The number of rotatable bonds is 7. The summed E-state index contributed by atoms with van der Waals surface area (Å²) >= 11 is 6.53. The van der Waals surface area contributed by atoms with Crippen LogP contribution in [0, 0.1) is 5.41 Å². The molecule has 0 saturated heterocycles. The van der Waals surface area contributed by atoms with Crippen LogP contribution in [0.3, 0.4) is 0 Å². The van der Waals surface area contributed by atoms with Gasteiger partial charge in [-0.3, -0.25) is 4.68 Å². The van der Waals surface area contributed by atoms with Crippen LogP contribution in [-0.2, 0) is 19.4 Å². The monoisotopic (exact) mass is 299 g/mol. The standard InChI is InChI=1S/C16H30ClN3/c1-7-10-18-14(16(4,5)6)11-13-15(17)12(8-2)19-20(13)9-3/h14,18H,7-11H2,1-6H3. The van der Waals surface area contributed by atoms with E-state index in [2.05, 4.69) is 56.6 Å². The molecule has 0 aliphatic heterocycles. The molecule has 0 aliphatic rings. The third kappa shape index (κ3) is 4.23. The normalized spacial score (nSPS) is 13.8. The smallest absolute Gasteiger partial charge is 0.0850 e. The van der Waals surface area contributed by atoms with Crippen molar-refractivity contribution in [1.82, 2.24) is 15.1 Å². The lowest BCUT2D eigenvalue weighted by molar-refractivity contribution is 0.263. The molecule has 1 rings (SSSR count). The third-order valence-corrected chi connectivity index (χ3v) is 4.21. The van der Waals surface area contributed by atoms with Gasteiger partial charge in [-0.25, -0.2) is 0 Å². The SMILES string of the molecule is CCCNC(Cc1c(Cl)c(CC)nn1CC)C(C)(C)C. The Morgan fingerprint density at radius 2 is 1.90 bits per heavy atom. The van der Waals surface area contributed by atoms with E-state index in [9.17, 15) is 0 Å². The first-order chi connectivity index (χ1) is 9.35. The van der Waals surface area contributed by atoms with Crippen LogP contribution in [0.1, 0.15) is 59.4 Å². The number of nitrogens with zero attached hydrogens (tertiary/aromatic N) is 2. The lowest BCUT2D eigenvalue weighted by Crippen LogP contribution is -2.42. The number of halogens is 1. The van der Waals surface area contributed by atoms with Gasteiger partial charge in [0.2, 0.25) is 0 Å². The molecule has 116 valence electrons. The maximum absolute atomic E-state index is 6.53. The van der Waals surface area contributed by atoms with E-state index >= 15 is 0 Å². The first-order valence-corrected chi connectivity index (χ1v) is 8.20. The average molecular weight is 300 g/mol. The van der Waals surface area contributed by atoms with Crippen molar-refractivity contribution in [2.75, 3.05) is 6.54 Å². The quantitative estimate of drug-likeness (QED) is 0.822. The van der Waals surface area contributed by atoms with E-state index in [1.807, 2.05) is 0 Å². The van der Waals surface area contributed by atoms with E-state index in [1.54, 1.807) is 0 Å². The van der Waals surface area contributed by atoms with Gasteiger partial charge in [-0.15, -0.1) is 0 Å². The zero-order chi connectivity index (χ0) is 15.3. The summed E-state index contributed by atoms with van der Waals surface area (Å²) in [7, 11) is 0. The van der Waals surface area contributed by atoms with Gasteiger partial charge in [0.1, 0.15) is 0 Å². The zero-order valence-corrected chi connectivity index (χ0v) is 14.6. The summed E-state index contributed by atoms with van der Waals surface area (Å²) in [5, 5.41) is 9.15. The maximum atomic E-state index is 6.53. The summed E-state index contributed by atoms with van der Waals surface area (Å²) in [5.41, 5.74) is 2.40. The van der Waals surface area contributed by atoms with Crippen LogP contribution in [0.5, 0.6) is 0 Å². The van der Waals surface area contributed by atoms with E-state index in [0.717, 1.165) is 43.1 Å². The largest absolute Gasteiger partial charge is 0.313 e. The summed E-state index contributed by atoms with van der Waals surface area (Å²) < 4.78 is 2.06. The van der Waals surface area contributed by atoms with Crippen molar-refractivity contribution >= 4 is 11.6 Å². The van der Waals surface area contributed by atoms with E-state index < -0.39 is 0 Å². The average Bonchev–Trinajstić information content (AvgIpc) is 2.69. The minimum Gasteiger partial charge on any atom is -0.313 e. The fourth-order valence-corrected chi connectivity index (χ4v) is 2.75. The van der Waals surface area contributed by atoms with Gasteiger partial charge >= 0.3 is 0 Å². The van der Waals surface area contributed by atoms with Gasteiger partial charge in [0.05, 0.1) is 16.4 Å². The van der Waals surface area contributed by atoms with E-state index in [4.69, 9.17) is 11.6 Å². The molecule has 4 heteroatoms. The summed E-state index contributed by atoms with van der Waals surface area (Å²) in [6.07, 6.45) is 2.97. The van der Waals surface area contributed by atoms with Crippen molar-refractivity contribution in [2.45, 2.75) is 73.4 Å². The Balaban J connectivity index is 3.01. The molecule has 1 aromatic heterocycles. The van der Waals surface area contributed by atoms with Crippen LogP contribution in [-0.4, -0.2) is 22.4 Å². The van der Waals surface area contributed by atoms with Gasteiger partial charge in [-0.2, -0.15) is 5.10 Å². The second kappa shape index (κ2) is 7.46. The van der Waals surface area contributed by atoms with Gasteiger partial charge < -0.3 is 5.32 Å². The molecule has 0 saturated carbocycles. The molecule has 20 heavy (non-hydrogen) atoms. The van der Waals surface area contributed by atoms with Crippen LogP contribution in [0.15, 0.2) is 0 Å². The molecule has 0 spiro atoms. The Morgan fingerprint density at radius 3 is 2.35 bits per heavy atom. The van der Waals surface area contributed by atoms with Crippen molar-refractivity contribution < 1.29 is 0 Å². The van der Waals surface area contributed by atoms with Crippen LogP contribution in [0.25, 0.3) is 0 Å². The van der Waals surface area contributed by atoms with Gasteiger partial charge in [-0.1, -0.05) is 46.2 Å². The molecule has 0 bridgehead atoms. The number of nitrogens with one attached hydrogen (secondary N) is 1. The van der Waals surface area contributed by atoms with Crippen molar-refractivity contribution in [3.05, 3.63) is 16.4 Å². The van der Waals surface area contributed by atoms with Gasteiger partial charge in [0.15, 0.2) is 0 Å². The predicted octanol–water partition coefficient (Wildman–Crippen LogP) is 4.08. The molecule has 0 radical (unpaired) electrons. The first-order valence-electron chi connectivity index (χ1n) is 7.82. The third-order valence-electron chi connectivity index (χ3n) is 3.78. The van der Waals surface area contributed by atoms with Crippen LogP contribution in [0.2, 0.25) is 5.02 Å². The minimum atomic E-state index is 0.202. The topological polar surface area (TPSA) is 29.9 Å². The van der Waals surface area contributed by atoms with E-state index in [-0.39, 0.29) is 5.41 Å². The molecule has 0 aromatic carbocycles. The number of aromatic nitrogens is 2. The molecule has 0 aliphatic carbocycles. The molecule has 1 aromatic rings. The maximum Gasteiger partial charge on any atom is 0.0850 e. The highest BCUT2D eigenvalue weighted by atomic mass is 35.5. The van der Waals surface area contributed by atoms with Gasteiger partial charge in [-0.05, 0) is 31.7 Å². The van der Waals surface area contributed by atoms with Crippen molar-refractivity contribution in [3.8, 4) is 0 Å². The summed E-state index contributed by atoms with van der Waals surface area (Å²) in [4.78, 5) is 0. The zero-order valence-electron chi connectivity index (χ0n) is 13.9. The Morgan fingerprint density at radius 1 is 1.25 bits per heavy atom. The second-order valence-electron chi connectivity index (χ2n) is 6.45. The summed E-state index contributed by atoms with van der Waals surface area (Å²) in [6, 6.07) is 0.409. The lowest BCUT2D eigenvalue weighted by atomic mass is 9.84. The molecule has 0 amide bonds. The van der Waals surface area contributed by atoms with Crippen molar-refractivity contribution in [1.29, 1.82) is 0 Å². The Labute approximate surface area is 129 Å². The Kier molecular flexibility index (Phi) is 6.53. The predicted molar refractivity (Wildman–Crippen MR) is 87.5 cm³/mol. The molecule has 1 heterocycles. The molecule has 3 nitrogen and oxygen atoms in total. The van der Waals surface area contributed by atoms with Gasteiger partial charge in [0, 0.05) is 19.0 Å². The highest BCUT2D eigenvalue weighted by Crippen LogP contribution is 2.28. The summed E-state index contributed by atoms with van der Waals surface area (Å²) in [5.74, 6) is 0. The van der Waals surface area contributed by atoms with Gasteiger partial charge in [0.25, 0.3) is 0 Å². The fourth-order valence-electron chi connectivity index (χ4n) is 2.41.